The van der Waals surface area contributed by atoms with Gasteiger partial charge in [-0.2, -0.15) is 0 Å². The van der Waals surface area contributed by atoms with Gasteiger partial charge in [-0.1, -0.05) is 12.1 Å². The number of anilines is 3. The quantitative estimate of drug-likeness (QED) is 0.264. The zero-order valence-corrected chi connectivity index (χ0v) is 23.8. The third kappa shape index (κ3) is 5.46. The van der Waals surface area contributed by atoms with Crippen molar-refractivity contribution in [3.05, 3.63) is 60.2 Å². The Morgan fingerprint density at radius 2 is 2.05 bits per heavy atom. The fourth-order valence-corrected chi connectivity index (χ4v) is 5.15. The lowest BCUT2D eigenvalue weighted by Gasteiger charge is -2.28. The smallest absolute Gasteiger partial charge is 0.228 e. The maximum atomic E-state index is 15.4. The monoisotopic (exact) mass is 602 g/mol. The molecular weight excluding hydrogens is 565 g/mol. The summed E-state index contributed by atoms with van der Waals surface area (Å²) in [5, 5.41) is 16.1. The Labute approximate surface area is 259 Å². The van der Waals surface area contributed by atoms with Crippen molar-refractivity contribution in [3.8, 4) is 17.1 Å². The molecule has 0 spiro atoms. The number of morpholine rings is 1. The van der Waals surface area contributed by atoms with E-state index in [4.69, 9.17) is 16.3 Å². The second-order valence-corrected chi connectivity index (χ2v) is 10.6. The molecule has 1 aliphatic carbocycles. The molecule has 1 N–H and O–H groups in total. The second-order valence-electron chi connectivity index (χ2n) is 10.6. The standard InChI is InChI=1S/C31H32FN9O3/c1-3-39(17-19-4-8-22(43-2)9-5-19)30-27-23(15-26(36-37-27)34-31(42)20-6-7-20)24(16-33-30)28-35-29-25(32)14-21(18-41(29)38-28)40-10-12-44-13-11-40/h4-5,8-9,14-16,18,20H,3,6-7,10-13,17H2,1-2H3,(H,34,36,42)/i1D3,3D2. The summed E-state index contributed by atoms with van der Waals surface area (Å²) in [7, 11) is 1.52. The fourth-order valence-electron chi connectivity index (χ4n) is 5.15. The van der Waals surface area contributed by atoms with Crippen molar-refractivity contribution in [2.24, 2.45) is 5.92 Å². The summed E-state index contributed by atoms with van der Waals surface area (Å²) in [6.07, 6.45) is 4.56. The van der Waals surface area contributed by atoms with E-state index in [1.165, 1.54) is 30.0 Å². The predicted molar refractivity (Wildman–Crippen MR) is 163 cm³/mol. The van der Waals surface area contributed by atoms with Crippen LogP contribution in [0.4, 0.5) is 21.7 Å². The highest BCUT2D eigenvalue weighted by Crippen LogP contribution is 2.34. The van der Waals surface area contributed by atoms with E-state index in [0.29, 0.717) is 43.3 Å². The van der Waals surface area contributed by atoms with Gasteiger partial charge in [0.05, 0.1) is 32.2 Å². The zero-order valence-electron chi connectivity index (χ0n) is 28.8. The van der Waals surface area contributed by atoms with Crippen LogP contribution in [0.2, 0.25) is 0 Å². The van der Waals surface area contributed by atoms with E-state index in [2.05, 4.69) is 30.6 Å². The molecule has 226 valence electrons. The number of halogens is 1. The van der Waals surface area contributed by atoms with Crippen molar-refractivity contribution >= 4 is 39.8 Å². The highest BCUT2D eigenvalue weighted by molar-refractivity contribution is 6.01. The minimum absolute atomic E-state index is 0.0249. The van der Waals surface area contributed by atoms with E-state index in [-0.39, 0.29) is 57.9 Å². The van der Waals surface area contributed by atoms with Gasteiger partial charge in [0.1, 0.15) is 11.3 Å². The van der Waals surface area contributed by atoms with E-state index in [9.17, 15) is 4.79 Å². The minimum Gasteiger partial charge on any atom is -0.497 e. The molecule has 5 heterocycles. The first-order valence-electron chi connectivity index (χ1n) is 16.7. The number of rotatable bonds is 9. The summed E-state index contributed by atoms with van der Waals surface area (Å²) in [5.41, 5.74) is 1.46. The molecule has 1 amide bonds. The Bertz CT molecular complexity index is 2030. The highest BCUT2D eigenvalue weighted by atomic mass is 19.1. The summed E-state index contributed by atoms with van der Waals surface area (Å²) in [6.45, 7) is -4.02. The maximum absolute atomic E-state index is 15.4. The first-order chi connectivity index (χ1) is 23.4. The van der Waals surface area contributed by atoms with Crippen LogP contribution >= 0.6 is 0 Å². The van der Waals surface area contributed by atoms with Crippen molar-refractivity contribution in [3.63, 3.8) is 0 Å². The number of carbonyl (C=O) groups is 1. The van der Waals surface area contributed by atoms with Crippen LogP contribution in [0.15, 0.2) is 48.8 Å². The normalized spacial score (nSPS) is 17.4. The first kappa shape index (κ1) is 22.6. The van der Waals surface area contributed by atoms with E-state index in [0.717, 1.165) is 17.7 Å². The van der Waals surface area contributed by atoms with Crippen LogP contribution in [0.5, 0.6) is 5.75 Å². The number of carbonyl (C=O) groups excluding carboxylic acids is 1. The van der Waals surface area contributed by atoms with Crippen LogP contribution in [-0.4, -0.2) is 75.6 Å². The summed E-state index contributed by atoms with van der Waals surface area (Å²) in [4.78, 5) is 24.6. The van der Waals surface area contributed by atoms with E-state index in [1.54, 1.807) is 30.5 Å². The molecule has 13 heteroatoms. The lowest BCUT2D eigenvalue weighted by atomic mass is 10.1. The van der Waals surface area contributed by atoms with Gasteiger partial charge < -0.3 is 24.6 Å². The zero-order chi connectivity index (χ0) is 34.5. The summed E-state index contributed by atoms with van der Waals surface area (Å²) >= 11 is 0. The Kier molecular flexibility index (Phi) is 5.98. The number of amides is 1. The molecule has 5 aromatic rings. The molecule has 1 aromatic carbocycles. The topological polar surface area (TPSA) is 123 Å². The molecule has 2 fully saturated rings. The van der Waals surface area contributed by atoms with Gasteiger partial charge in [0, 0.05) is 62.1 Å². The van der Waals surface area contributed by atoms with Crippen molar-refractivity contribution in [1.29, 1.82) is 0 Å². The molecule has 12 nitrogen and oxygen atoms in total. The van der Waals surface area contributed by atoms with Gasteiger partial charge in [0.25, 0.3) is 0 Å². The number of aromatic nitrogens is 6. The van der Waals surface area contributed by atoms with E-state index in [1.807, 2.05) is 4.90 Å². The van der Waals surface area contributed by atoms with Crippen LogP contribution in [0.1, 0.15) is 32.1 Å². The molecule has 0 atom stereocenters. The third-order valence-corrected chi connectivity index (χ3v) is 7.69. The van der Waals surface area contributed by atoms with Gasteiger partial charge in [0.15, 0.2) is 28.9 Å². The highest BCUT2D eigenvalue weighted by Gasteiger charge is 2.30. The molecule has 4 aromatic heterocycles. The van der Waals surface area contributed by atoms with Gasteiger partial charge in [-0.15, -0.1) is 15.3 Å². The predicted octanol–water partition coefficient (Wildman–Crippen LogP) is 4.09. The largest absolute Gasteiger partial charge is 0.497 e. The van der Waals surface area contributed by atoms with Crippen molar-refractivity contribution in [2.75, 3.05) is 55.0 Å². The van der Waals surface area contributed by atoms with Crippen LogP contribution < -0.4 is 19.9 Å². The number of pyridine rings is 2. The van der Waals surface area contributed by atoms with Crippen molar-refractivity contribution in [1.82, 2.24) is 29.8 Å². The summed E-state index contributed by atoms with van der Waals surface area (Å²) < 4.78 is 69.2. The van der Waals surface area contributed by atoms with E-state index < -0.39 is 19.2 Å². The summed E-state index contributed by atoms with van der Waals surface area (Å²) in [5.74, 6) is -0.281. The molecule has 7 rings (SSSR count). The number of benzene rings is 1. The van der Waals surface area contributed by atoms with Crippen LogP contribution in [0.3, 0.4) is 0 Å². The number of hydrogen-bond acceptors (Lipinski definition) is 10. The van der Waals surface area contributed by atoms with Crippen molar-refractivity contribution < 1.29 is 25.5 Å². The number of ether oxygens (including phenoxy) is 2. The summed E-state index contributed by atoms with van der Waals surface area (Å²) in [6, 6.07) is 9.66. The number of hydrogen-bond donors (Lipinski definition) is 1. The molecule has 1 saturated heterocycles. The van der Waals surface area contributed by atoms with Gasteiger partial charge >= 0.3 is 0 Å². The lowest BCUT2D eigenvalue weighted by molar-refractivity contribution is -0.117. The molecule has 1 aliphatic heterocycles. The third-order valence-electron chi connectivity index (χ3n) is 7.69. The van der Waals surface area contributed by atoms with E-state index >= 15 is 4.39 Å². The maximum Gasteiger partial charge on any atom is 0.228 e. The molecule has 1 saturated carbocycles. The van der Waals surface area contributed by atoms with Crippen LogP contribution in [0.25, 0.3) is 27.9 Å². The van der Waals surface area contributed by atoms with Crippen LogP contribution in [0, 0.1) is 11.7 Å². The number of methoxy groups -OCH3 is 1. The average Bonchev–Trinajstić information content (AvgIpc) is 3.86. The Morgan fingerprint density at radius 3 is 2.80 bits per heavy atom. The van der Waals surface area contributed by atoms with Gasteiger partial charge in [-0.3, -0.25) is 4.79 Å². The molecular formula is C31H32FN9O3. The van der Waals surface area contributed by atoms with Crippen LogP contribution in [-0.2, 0) is 16.1 Å². The van der Waals surface area contributed by atoms with Gasteiger partial charge in [-0.25, -0.2) is 18.9 Å². The number of nitrogens with zero attached hydrogens (tertiary/aromatic N) is 8. The number of nitrogens with one attached hydrogen (secondary N) is 1. The second kappa shape index (κ2) is 11.6. The fraction of sp³-hybridized carbons (Fsp3) is 0.355. The molecule has 2 aliphatic rings. The first-order valence-corrected chi connectivity index (χ1v) is 14.2. The SMILES string of the molecule is [2H]C([2H])([2H])C([2H])([2H])N(Cc1ccc(OC)cc1)c1ncc(-c2nc3c(F)cc(N4CCOCC4)cn3n2)c2cc(NC(=O)C3CC3)nnc12. The number of fused-ring (bicyclic) bond motifs is 2. The van der Waals surface area contributed by atoms with Crippen molar-refractivity contribution in [2.45, 2.75) is 26.2 Å². The van der Waals surface area contributed by atoms with Gasteiger partial charge in [-0.05, 0) is 43.5 Å². The van der Waals surface area contributed by atoms with Gasteiger partial charge in [0.2, 0.25) is 5.91 Å². The molecule has 44 heavy (non-hydrogen) atoms. The lowest BCUT2D eigenvalue weighted by Crippen LogP contribution is -2.36. The molecule has 0 unspecified atom stereocenters. The molecule has 0 bridgehead atoms. The Balaban J connectivity index is 1.37. The average molecular weight is 603 g/mol. The molecule has 0 radical (unpaired) electrons. The Morgan fingerprint density at radius 1 is 1.23 bits per heavy atom. The Hall–Kier alpha value is -4.91. The minimum atomic E-state index is -3.10.